The number of hydrogen-bond acceptors (Lipinski definition) is 3. The highest BCUT2D eigenvalue weighted by Gasteiger charge is 2.24. The van der Waals surface area contributed by atoms with E-state index in [0.717, 1.165) is 6.42 Å². The average Bonchev–Trinajstić information content (AvgIpc) is 2.56. The number of nitrogens with two attached hydrogens (primary N) is 1. The van der Waals surface area contributed by atoms with E-state index in [9.17, 15) is 0 Å². The molecule has 0 heterocycles. The van der Waals surface area contributed by atoms with Gasteiger partial charge in [-0.2, -0.15) is 0 Å². The van der Waals surface area contributed by atoms with Crippen LogP contribution >= 0.6 is 0 Å². The topological polar surface area (TPSA) is 47.3 Å². The van der Waals surface area contributed by atoms with Gasteiger partial charge in [0.2, 0.25) is 0 Å². The molecule has 3 heteroatoms. The quantitative estimate of drug-likeness (QED) is 0.703. The standard InChI is InChI=1S/C14H30N2O/c1-14(2,17-3)10-13(11-15)16-12-8-6-4-5-7-9-12/h12-13,16H,4-11,15H2,1-3H3. The highest BCUT2D eigenvalue weighted by Crippen LogP contribution is 2.20. The van der Waals surface area contributed by atoms with E-state index in [4.69, 9.17) is 10.5 Å². The Bertz CT molecular complexity index is 198. The summed E-state index contributed by atoms with van der Waals surface area (Å²) in [6.07, 6.45) is 9.12. The van der Waals surface area contributed by atoms with Crippen molar-refractivity contribution in [2.24, 2.45) is 5.73 Å². The van der Waals surface area contributed by atoms with Crippen molar-refractivity contribution in [1.29, 1.82) is 0 Å². The van der Waals surface area contributed by atoms with Crippen molar-refractivity contribution in [3.05, 3.63) is 0 Å². The minimum atomic E-state index is -0.0816. The van der Waals surface area contributed by atoms with Gasteiger partial charge in [0.1, 0.15) is 0 Å². The normalized spacial score (nSPS) is 21.2. The highest BCUT2D eigenvalue weighted by atomic mass is 16.5. The fourth-order valence-electron chi connectivity index (χ4n) is 2.67. The second-order valence-electron chi connectivity index (χ2n) is 5.96. The lowest BCUT2D eigenvalue weighted by atomic mass is 9.97. The van der Waals surface area contributed by atoms with Gasteiger partial charge in [-0.1, -0.05) is 25.7 Å². The summed E-state index contributed by atoms with van der Waals surface area (Å²) >= 11 is 0. The first-order chi connectivity index (χ1) is 8.07. The molecule has 3 N–H and O–H groups in total. The van der Waals surface area contributed by atoms with Gasteiger partial charge < -0.3 is 15.8 Å². The van der Waals surface area contributed by atoms with E-state index in [-0.39, 0.29) is 5.60 Å². The first-order valence-corrected chi connectivity index (χ1v) is 7.08. The predicted octanol–water partition coefficient (Wildman–Crippen LogP) is 2.44. The van der Waals surface area contributed by atoms with Gasteiger partial charge in [-0.3, -0.25) is 0 Å². The Labute approximate surface area is 106 Å². The van der Waals surface area contributed by atoms with Crippen LogP contribution < -0.4 is 11.1 Å². The molecule has 1 unspecified atom stereocenters. The summed E-state index contributed by atoms with van der Waals surface area (Å²) in [4.78, 5) is 0. The van der Waals surface area contributed by atoms with Gasteiger partial charge in [0, 0.05) is 25.7 Å². The molecule has 1 rings (SSSR count). The van der Waals surface area contributed by atoms with Crippen molar-refractivity contribution in [2.75, 3.05) is 13.7 Å². The number of nitrogens with one attached hydrogen (secondary N) is 1. The Morgan fingerprint density at radius 1 is 1.24 bits per heavy atom. The molecule has 0 aromatic heterocycles. The van der Waals surface area contributed by atoms with Gasteiger partial charge in [-0.15, -0.1) is 0 Å². The van der Waals surface area contributed by atoms with Gasteiger partial charge in [0.15, 0.2) is 0 Å². The summed E-state index contributed by atoms with van der Waals surface area (Å²) in [6.45, 7) is 4.96. The molecule has 102 valence electrons. The smallest absolute Gasteiger partial charge is 0.0638 e. The minimum absolute atomic E-state index is 0.0816. The minimum Gasteiger partial charge on any atom is -0.379 e. The molecule has 1 aliphatic rings. The molecule has 0 aromatic rings. The fourth-order valence-corrected chi connectivity index (χ4v) is 2.67. The molecule has 0 bridgehead atoms. The summed E-state index contributed by atoms with van der Waals surface area (Å²) in [5, 5.41) is 3.73. The van der Waals surface area contributed by atoms with Gasteiger partial charge in [-0.25, -0.2) is 0 Å². The molecule has 0 saturated heterocycles. The third-order valence-corrected chi connectivity index (χ3v) is 3.90. The summed E-state index contributed by atoms with van der Waals surface area (Å²) in [5.74, 6) is 0. The van der Waals surface area contributed by atoms with Crippen LogP contribution in [-0.2, 0) is 4.74 Å². The van der Waals surface area contributed by atoms with Crippen molar-refractivity contribution < 1.29 is 4.74 Å². The molecular weight excluding hydrogens is 212 g/mol. The third-order valence-electron chi connectivity index (χ3n) is 3.90. The zero-order chi connectivity index (χ0) is 12.7. The number of methoxy groups -OCH3 is 1. The SMILES string of the molecule is COC(C)(C)CC(CN)NC1CCCCCC1. The first kappa shape index (κ1) is 14.9. The van der Waals surface area contributed by atoms with Crippen LogP contribution in [0.3, 0.4) is 0 Å². The van der Waals surface area contributed by atoms with E-state index in [0.29, 0.717) is 18.6 Å². The van der Waals surface area contributed by atoms with Gasteiger partial charge in [-0.05, 0) is 33.1 Å². The molecule has 1 fully saturated rings. The second kappa shape index (κ2) is 7.34. The monoisotopic (exact) mass is 242 g/mol. The van der Waals surface area contributed by atoms with Crippen LogP contribution in [0.1, 0.15) is 58.8 Å². The zero-order valence-electron chi connectivity index (χ0n) is 11.8. The second-order valence-corrected chi connectivity index (χ2v) is 5.96. The highest BCUT2D eigenvalue weighted by molar-refractivity contribution is 4.83. The van der Waals surface area contributed by atoms with Gasteiger partial charge in [0.25, 0.3) is 0 Å². The molecule has 0 amide bonds. The average molecular weight is 242 g/mol. The van der Waals surface area contributed by atoms with Crippen LogP contribution in [0.5, 0.6) is 0 Å². The Morgan fingerprint density at radius 3 is 2.29 bits per heavy atom. The first-order valence-electron chi connectivity index (χ1n) is 7.08. The largest absolute Gasteiger partial charge is 0.379 e. The van der Waals surface area contributed by atoms with E-state index in [1.807, 2.05) is 0 Å². The summed E-state index contributed by atoms with van der Waals surface area (Å²) < 4.78 is 5.49. The van der Waals surface area contributed by atoms with Crippen LogP contribution in [0, 0.1) is 0 Å². The molecule has 17 heavy (non-hydrogen) atoms. The molecule has 0 spiro atoms. The van der Waals surface area contributed by atoms with Crippen LogP contribution in [0.15, 0.2) is 0 Å². The fraction of sp³-hybridized carbons (Fsp3) is 1.00. The summed E-state index contributed by atoms with van der Waals surface area (Å²) in [7, 11) is 1.78. The molecule has 0 aromatic carbocycles. The molecule has 0 aliphatic heterocycles. The van der Waals surface area contributed by atoms with Gasteiger partial charge in [0.05, 0.1) is 5.60 Å². The lowest BCUT2D eigenvalue weighted by molar-refractivity contribution is 0.00669. The Morgan fingerprint density at radius 2 is 1.82 bits per heavy atom. The predicted molar refractivity (Wildman–Crippen MR) is 73.2 cm³/mol. The van der Waals surface area contributed by atoms with Crippen LogP contribution in [0.25, 0.3) is 0 Å². The van der Waals surface area contributed by atoms with E-state index in [1.165, 1.54) is 38.5 Å². The molecule has 3 nitrogen and oxygen atoms in total. The summed E-state index contributed by atoms with van der Waals surface area (Å²) in [5.41, 5.74) is 5.79. The van der Waals surface area contributed by atoms with E-state index in [2.05, 4.69) is 19.2 Å². The van der Waals surface area contributed by atoms with Crippen molar-refractivity contribution in [1.82, 2.24) is 5.32 Å². The van der Waals surface area contributed by atoms with Crippen molar-refractivity contribution >= 4 is 0 Å². The Hall–Kier alpha value is -0.120. The maximum absolute atomic E-state index is 5.87. The van der Waals surface area contributed by atoms with E-state index >= 15 is 0 Å². The molecule has 1 atom stereocenters. The van der Waals surface area contributed by atoms with Crippen molar-refractivity contribution in [3.63, 3.8) is 0 Å². The summed E-state index contributed by atoms with van der Waals surface area (Å²) in [6, 6.07) is 1.05. The molecular formula is C14H30N2O. The zero-order valence-corrected chi connectivity index (χ0v) is 11.8. The maximum atomic E-state index is 5.87. The van der Waals surface area contributed by atoms with Gasteiger partial charge >= 0.3 is 0 Å². The van der Waals surface area contributed by atoms with Crippen molar-refractivity contribution in [2.45, 2.75) is 76.5 Å². The lowest BCUT2D eigenvalue weighted by Crippen LogP contribution is -2.46. The van der Waals surface area contributed by atoms with Crippen LogP contribution in [0.2, 0.25) is 0 Å². The Balaban J connectivity index is 2.39. The third kappa shape index (κ3) is 5.84. The number of ether oxygens (including phenoxy) is 1. The van der Waals surface area contributed by atoms with Crippen LogP contribution in [0.4, 0.5) is 0 Å². The molecule has 1 aliphatic carbocycles. The maximum Gasteiger partial charge on any atom is 0.0638 e. The lowest BCUT2D eigenvalue weighted by Gasteiger charge is -2.31. The van der Waals surface area contributed by atoms with Crippen LogP contribution in [-0.4, -0.2) is 31.3 Å². The number of hydrogen-bond donors (Lipinski definition) is 2. The molecule has 0 radical (unpaired) electrons. The van der Waals surface area contributed by atoms with E-state index < -0.39 is 0 Å². The number of rotatable bonds is 6. The Kier molecular flexibility index (Phi) is 6.45. The van der Waals surface area contributed by atoms with Crippen molar-refractivity contribution in [3.8, 4) is 0 Å². The molecule has 1 saturated carbocycles. The van der Waals surface area contributed by atoms with E-state index in [1.54, 1.807) is 7.11 Å².